The van der Waals surface area contributed by atoms with Crippen LogP contribution in [-0.4, -0.2) is 37.0 Å². The predicted molar refractivity (Wildman–Crippen MR) is 83.6 cm³/mol. The monoisotopic (exact) mass is 280 g/mol. The van der Waals surface area contributed by atoms with Gasteiger partial charge in [0, 0.05) is 25.0 Å². The van der Waals surface area contributed by atoms with Crippen LogP contribution in [0.4, 0.5) is 0 Å². The Labute approximate surface area is 124 Å². The van der Waals surface area contributed by atoms with E-state index in [1.54, 1.807) is 0 Å². The van der Waals surface area contributed by atoms with Crippen molar-refractivity contribution in [1.82, 2.24) is 10.2 Å². The van der Waals surface area contributed by atoms with Crippen molar-refractivity contribution in [1.29, 1.82) is 0 Å². The Bertz CT molecular complexity index is 326. The molecule has 0 aromatic rings. The number of rotatable bonds is 3. The van der Waals surface area contributed by atoms with E-state index in [9.17, 15) is 4.79 Å². The fourth-order valence-corrected chi connectivity index (χ4v) is 4.01. The van der Waals surface area contributed by atoms with Crippen molar-refractivity contribution >= 4 is 5.91 Å². The van der Waals surface area contributed by atoms with E-state index in [2.05, 4.69) is 31.0 Å². The molecule has 1 atom stereocenters. The highest BCUT2D eigenvalue weighted by atomic mass is 16.2. The van der Waals surface area contributed by atoms with Crippen molar-refractivity contribution in [2.75, 3.05) is 20.1 Å². The molecule has 1 aliphatic heterocycles. The SMILES string of the molecule is CNCC1CCCN1C(=O)C1CCC(C(C)(C)C)CC1. The van der Waals surface area contributed by atoms with E-state index in [4.69, 9.17) is 0 Å². The lowest BCUT2D eigenvalue weighted by Gasteiger charge is -2.38. The highest BCUT2D eigenvalue weighted by Crippen LogP contribution is 2.40. The number of nitrogens with zero attached hydrogens (tertiary/aromatic N) is 1. The zero-order valence-corrected chi connectivity index (χ0v) is 13.7. The molecule has 1 N–H and O–H groups in total. The molecule has 1 amide bonds. The average Bonchev–Trinajstić information content (AvgIpc) is 2.86. The number of likely N-dealkylation sites (tertiary alicyclic amines) is 1. The molecule has 0 radical (unpaired) electrons. The largest absolute Gasteiger partial charge is 0.338 e. The highest BCUT2D eigenvalue weighted by Gasteiger charge is 2.36. The van der Waals surface area contributed by atoms with Gasteiger partial charge in [0.1, 0.15) is 0 Å². The van der Waals surface area contributed by atoms with Crippen molar-refractivity contribution in [2.24, 2.45) is 17.3 Å². The molecule has 0 bridgehead atoms. The van der Waals surface area contributed by atoms with E-state index < -0.39 is 0 Å². The van der Waals surface area contributed by atoms with Gasteiger partial charge in [0.25, 0.3) is 0 Å². The molecular formula is C17H32N2O. The van der Waals surface area contributed by atoms with E-state index in [0.29, 0.717) is 23.3 Å². The zero-order chi connectivity index (χ0) is 14.8. The Morgan fingerprint density at radius 2 is 1.80 bits per heavy atom. The lowest BCUT2D eigenvalue weighted by molar-refractivity contribution is -0.138. The third-order valence-corrected chi connectivity index (χ3v) is 5.40. The second-order valence-electron chi connectivity index (χ2n) is 7.80. The molecule has 0 aromatic carbocycles. The molecule has 1 heterocycles. The maximum atomic E-state index is 12.7. The first-order valence-corrected chi connectivity index (χ1v) is 8.38. The van der Waals surface area contributed by atoms with E-state index in [0.717, 1.165) is 31.8 Å². The number of amides is 1. The van der Waals surface area contributed by atoms with Crippen LogP contribution in [0, 0.1) is 17.3 Å². The summed E-state index contributed by atoms with van der Waals surface area (Å²) in [6, 6.07) is 0.438. The Morgan fingerprint density at radius 3 is 2.35 bits per heavy atom. The van der Waals surface area contributed by atoms with Gasteiger partial charge in [0.15, 0.2) is 0 Å². The van der Waals surface area contributed by atoms with E-state index in [1.807, 2.05) is 7.05 Å². The second kappa shape index (κ2) is 6.46. The fourth-order valence-electron chi connectivity index (χ4n) is 4.01. The first-order chi connectivity index (χ1) is 9.43. The molecule has 1 unspecified atom stereocenters. The zero-order valence-electron chi connectivity index (χ0n) is 13.7. The van der Waals surface area contributed by atoms with E-state index >= 15 is 0 Å². The molecular weight excluding hydrogens is 248 g/mol. The van der Waals surface area contributed by atoms with Gasteiger partial charge >= 0.3 is 0 Å². The predicted octanol–water partition coefficient (Wildman–Crippen LogP) is 3.05. The van der Waals surface area contributed by atoms with Gasteiger partial charge in [0.2, 0.25) is 5.91 Å². The smallest absolute Gasteiger partial charge is 0.225 e. The minimum absolute atomic E-state index is 0.297. The van der Waals surface area contributed by atoms with Crippen molar-refractivity contribution in [3.8, 4) is 0 Å². The normalized spacial score (nSPS) is 31.6. The standard InChI is InChI=1S/C17H32N2O/c1-17(2,3)14-9-7-13(8-10-14)16(20)19-11-5-6-15(19)12-18-4/h13-15,18H,5-12H2,1-4H3. The first kappa shape index (κ1) is 15.8. The Kier molecular flexibility index (Phi) is 5.11. The number of nitrogens with one attached hydrogen (secondary N) is 1. The van der Waals surface area contributed by atoms with Gasteiger partial charge in [-0.15, -0.1) is 0 Å². The summed E-state index contributed by atoms with van der Waals surface area (Å²) in [6.45, 7) is 8.93. The third-order valence-electron chi connectivity index (χ3n) is 5.40. The number of carbonyl (C=O) groups is 1. The summed E-state index contributed by atoms with van der Waals surface area (Å²) in [7, 11) is 1.98. The maximum Gasteiger partial charge on any atom is 0.225 e. The van der Waals surface area contributed by atoms with E-state index in [-0.39, 0.29) is 0 Å². The fraction of sp³-hybridized carbons (Fsp3) is 0.941. The Morgan fingerprint density at radius 1 is 1.15 bits per heavy atom. The van der Waals surface area contributed by atoms with Crippen molar-refractivity contribution in [3.63, 3.8) is 0 Å². The number of hydrogen-bond donors (Lipinski definition) is 1. The number of hydrogen-bond acceptors (Lipinski definition) is 2. The van der Waals surface area contributed by atoms with Gasteiger partial charge in [-0.25, -0.2) is 0 Å². The van der Waals surface area contributed by atoms with Gasteiger partial charge in [-0.2, -0.15) is 0 Å². The van der Waals surface area contributed by atoms with Gasteiger partial charge in [-0.05, 0) is 56.9 Å². The number of likely N-dealkylation sites (N-methyl/N-ethyl adjacent to an activating group) is 1. The topological polar surface area (TPSA) is 32.3 Å². The summed E-state index contributed by atoms with van der Waals surface area (Å²) in [5, 5.41) is 3.23. The second-order valence-corrected chi connectivity index (χ2v) is 7.80. The summed E-state index contributed by atoms with van der Waals surface area (Å²) in [6.07, 6.45) is 7.00. The molecule has 0 spiro atoms. The van der Waals surface area contributed by atoms with Crippen LogP contribution in [0.1, 0.15) is 59.3 Å². The van der Waals surface area contributed by atoms with Crippen molar-refractivity contribution in [2.45, 2.75) is 65.3 Å². The molecule has 2 fully saturated rings. The Hall–Kier alpha value is -0.570. The summed E-state index contributed by atoms with van der Waals surface area (Å²) >= 11 is 0. The molecule has 0 aromatic heterocycles. The molecule has 3 heteroatoms. The van der Waals surface area contributed by atoms with Crippen LogP contribution < -0.4 is 5.32 Å². The van der Waals surface area contributed by atoms with E-state index in [1.165, 1.54) is 25.7 Å². The third kappa shape index (κ3) is 3.55. The van der Waals surface area contributed by atoms with Crippen LogP contribution in [0.15, 0.2) is 0 Å². The lowest BCUT2D eigenvalue weighted by atomic mass is 9.69. The summed E-state index contributed by atoms with van der Waals surface area (Å²) < 4.78 is 0. The van der Waals surface area contributed by atoms with Crippen LogP contribution in [0.5, 0.6) is 0 Å². The van der Waals surface area contributed by atoms with Gasteiger partial charge in [0.05, 0.1) is 0 Å². The summed E-state index contributed by atoms with van der Waals surface area (Å²) in [4.78, 5) is 14.9. The maximum absolute atomic E-state index is 12.7. The van der Waals surface area contributed by atoms with Crippen molar-refractivity contribution < 1.29 is 4.79 Å². The molecule has 2 aliphatic rings. The van der Waals surface area contributed by atoms with Gasteiger partial charge in [-0.1, -0.05) is 20.8 Å². The molecule has 20 heavy (non-hydrogen) atoms. The van der Waals surface area contributed by atoms with Crippen LogP contribution in [0.3, 0.4) is 0 Å². The molecule has 1 saturated carbocycles. The van der Waals surface area contributed by atoms with Gasteiger partial charge in [-0.3, -0.25) is 4.79 Å². The molecule has 1 aliphatic carbocycles. The minimum atomic E-state index is 0.297. The molecule has 3 nitrogen and oxygen atoms in total. The minimum Gasteiger partial charge on any atom is -0.338 e. The number of carbonyl (C=O) groups excluding carboxylic acids is 1. The van der Waals surface area contributed by atoms with Crippen LogP contribution in [-0.2, 0) is 4.79 Å². The molecule has 1 saturated heterocycles. The quantitative estimate of drug-likeness (QED) is 0.862. The average molecular weight is 280 g/mol. The van der Waals surface area contributed by atoms with Crippen LogP contribution >= 0.6 is 0 Å². The summed E-state index contributed by atoms with van der Waals surface area (Å²) in [5.74, 6) is 1.53. The molecule has 116 valence electrons. The first-order valence-electron chi connectivity index (χ1n) is 8.38. The van der Waals surface area contributed by atoms with Gasteiger partial charge < -0.3 is 10.2 Å². The lowest BCUT2D eigenvalue weighted by Crippen LogP contribution is -2.44. The molecule has 2 rings (SSSR count). The summed E-state index contributed by atoms with van der Waals surface area (Å²) in [5.41, 5.74) is 0.399. The highest BCUT2D eigenvalue weighted by molar-refractivity contribution is 5.79. The Balaban J connectivity index is 1.88. The van der Waals surface area contributed by atoms with Crippen LogP contribution in [0.2, 0.25) is 0 Å². The van der Waals surface area contributed by atoms with Crippen molar-refractivity contribution in [3.05, 3.63) is 0 Å². The van der Waals surface area contributed by atoms with Crippen LogP contribution in [0.25, 0.3) is 0 Å².